The summed E-state index contributed by atoms with van der Waals surface area (Å²) in [6.07, 6.45) is 3.44. The maximum Gasteiger partial charge on any atom is 0.286 e. The van der Waals surface area contributed by atoms with Gasteiger partial charge in [-0.25, -0.2) is 0 Å². The Morgan fingerprint density at radius 3 is 3.05 bits per heavy atom. The van der Waals surface area contributed by atoms with E-state index in [0.29, 0.717) is 6.54 Å². The highest BCUT2D eigenvalue weighted by Gasteiger charge is 2.27. The van der Waals surface area contributed by atoms with Crippen molar-refractivity contribution in [2.24, 2.45) is 0 Å². The fourth-order valence-electron chi connectivity index (χ4n) is 2.28. The molecule has 1 aromatic rings. The topological polar surface area (TPSA) is 82.8 Å². The Hall–Kier alpha value is -1.82. The first-order valence-electron chi connectivity index (χ1n) is 6.44. The van der Waals surface area contributed by atoms with Gasteiger partial charge in [0, 0.05) is 19.5 Å². The van der Waals surface area contributed by atoms with E-state index in [1.54, 1.807) is 17.0 Å². The summed E-state index contributed by atoms with van der Waals surface area (Å²) in [6, 6.07) is 3.14. The predicted molar refractivity (Wildman–Crippen MR) is 67.5 cm³/mol. The molecule has 2 N–H and O–H groups in total. The van der Waals surface area contributed by atoms with E-state index >= 15 is 0 Å². The number of amides is 2. The van der Waals surface area contributed by atoms with Gasteiger partial charge in [0.05, 0.1) is 18.9 Å². The summed E-state index contributed by atoms with van der Waals surface area (Å²) in [4.78, 5) is 25.2. The number of aliphatic hydroxyl groups is 1. The molecule has 0 spiro atoms. The quantitative estimate of drug-likeness (QED) is 0.807. The number of carbonyl (C=O) groups excluding carboxylic acids is 2. The van der Waals surface area contributed by atoms with Crippen LogP contribution in [0.25, 0.3) is 0 Å². The zero-order valence-corrected chi connectivity index (χ0v) is 10.7. The average molecular weight is 266 g/mol. The highest BCUT2D eigenvalue weighted by atomic mass is 16.3. The second-order valence-corrected chi connectivity index (χ2v) is 4.55. The van der Waals surface area contributed by atoms with E-state index < -0.39 is 0 Å². The number of rotatable bonds is 5. The Morgan fingerprint density at radius 2 is 2.37 bits per heavy atom. The van der Waals surface area contributed by atoms with Gasteiger partial charge in [-0.05, 0) is 25.0 Å². The lowest BCUT2D eigenvalue weighted by molar-refractivity contribution is -0.132. The van der Waals surface area contributed by atoms with Crippen LogP contribution in [-0.4, -0.2) is 47.6 Å². The summed E-state index contributed by atoms with van der Waals surface area (Å²) in [6.45, 7) is 0.966. The third kappa shape index (κ3) is 3.35. The van der Waals surface area contributed by atoms with Crippen LogP contribution in [0.1, 0.15) is 29.8 Å². The van der Waals surface area contributed by atoms with Gasteiger partial charge >= 0.3 is 0 Å². The van der Waals surface area contributed by atoms with E-state index in [9.17, 15) is 9.59 Å². The van der Waals surface area contributed by atoms with Gasteiger partial charge in [0.15, 0.2) is 5.76 Å². The third-order valence-electron chi connectivity index (χ3n) is 3.28. The summed E-state index contributed by atoms with van der Waals surface area (Å²) in [5.74, 6) is -0.115. The molecular formula is C13H18N2O4. The number of nitrogens with one attached hydrogen (secondary N) is 1. The summed E-state index contributed by atoms with van der Waals surface area (Å²) in [5.41, 5.74) is 0. The third-order valence-corrected chi connectivity index (χ3v) is 3.28. The molecule has 0 aromatic carbocycles. The fourth-order valence-corrected chi connectivity index (χ4v) is 2.28. The molecule has 1 aliphatic heterocycles. The number of hydrogen-bond acceptors (Lipinski definition) is 4. The molecule has 0 saturated carbocycles. The van der Waals surface area contributed by atoms with Crippen LogP contribution in [0.3, 0.4) is 0 Å². The molecule has 2 heterocycles. The van der Waals surface area contributed by atoms with Crippen molar-refractivity contribution >= 4 is 11.8 Å². The van der Waals surface area contributed by atoms with Crippen LogP contribution in [0.5, 0.6) is 0 Å². The molecule has 0 unspecified atom stereocenters. The fraction of sp³-hybridized carbons (Fsp3) is 0.538. The number of hydrogen-bond donors (Lipinski definition) is 2. The second kappa shape index (κ2) is 6.38. The Kier molecular flexibility index (Phi) is 4.57. The van der Waals surface area contributed by atoms with Gasteiger partial charge in [-0.2, -0.15) is 0 Å². The van der Waals surface area contributed by atoms with Gasteiger partial charge in [0.25, 0.3) is 5.91 Å². The molecule has 2 amide bonds. The first-order chi connectivity index (χ1) is 9.22. The van der Waals surface area contributed by atoms with Crippen LogP contribution < -0.4 is 5.32 Å². The molecule has 0 aliphatic carbocycles. The lowest BCUT2D eigenvalue weighted by Crippen LogP contribution is -2.39. The molecule has 0 radical (unpaired) electrons. The molecule has 0 bridgehead atoms. The zero-order chi connectivity index (χ0) is 13.7. The maximum atomic E-state index is 11.9. The average Bonchev–Trinajstić information content (AvgIpc) is 3.09. The number of aliphatic hydroxyl groups excluding tert-OH is 1. The lowest BCUT2D eigenvalue weighted by atomic mass is 10.2. The van der Waals surface area contributed by atoms with Crippen molar-refractivity contribution in [1.82, 2.24) is 10.2 Å². The van der Waals surface area contributed by atoms with Crippen molar-refractivity contribution in [2.45, 2.75) is 25.3 Å². The zero-order valence-electron chi connectivity index (χ0n) is 10.7. The van der Waals surface area contributed by atoms with Crippen LogP contribution in [-0.2, 0) is 4.79 Å². The van der Waals surface area contributed by atoms with Gasteiger partial charge in [-0.1, -0.05) is 0 Å². The largest absolute Gasteiger partial charge is 0.459 e. The SMILES string of the molecule is O=C(NCCC(=O)N1CCC[C@H]1CO)c1ccco1. The minimum absolute atomic E-state index is 0.00446. The van der Waals surface area contributed by atoms with E-state index in [1.165, 1.54) is 6.26 Å². The van der Waals surface area contributed by atoms with Gasteiger partial charge in [0.1, 0.15) is 0 Å². The molecular weight excluding hydrogens is 248 g/mol. The molecule has 104 valence electrons. The number of nitrogens with zero attached hydrogens (tertiary/aromatic N) is 1. The Balaban J connectivity index is 1.73. The molecule has 1 aliphatic rings. The van der Waals surface area contributed by atoms with Crippen molar-refractivity contribution in [3.8, 4) is 0 Å². The minimum atomic E-state index is -0.321. The molecule has 1 saturated heterocycles. The van der Waals surface area contributed by atoms with E-state index in [2.05, 4.69) is 5.32 Å². The van der Waals surface area contributed by atoms with Crippen LogP contribution in [0.2, 0.25) is 0 Å². The van der Waals surface area contributed by atoms with Crippen molar-refractivity contribution in [3.63, 3.8) is 0 Å². The number of furan rings is 1. The summed E-state index contributed by atoms with van der Waals surface area (Å²) >= 11 is 0. The lowest BCUT2D eigenvalue weighted by Gasteiger charge is -2.22. The first kappa shape index (κ1) is 13.6. The second-order valence-electron chi connectivity index (χ2n) is 4.55. The van der Waals surface area contributed by atoms with Crippen LogP contribution >= 0.6 is 0 Å². The van der Waals surface area contributed by atoms with Crippen molar-refractivity contribution in [2.75, 3.05) is 19.7 Å². The predicted octanol–water partition coefficient (Wildman–Crippen LogP) is 0.383. The van der Waals surface area contributed by atoms with E-state index in [1.807, 2.05) is 0 Å². The van der Waals surface area contributed by atoms with Crippen LogP contribution in [0.4, 0.5) is 0 Å². The Labute approximate surface area is 111 Å². The van der Waals surface area contributed by atoms with Crippen molar-refractivity contribution < 1.29 is 19.1 Å². The Bertz CT molecular complexity index is 430. The van der Waals surface area contributed by atoms with Crippen molar-refractivity contribution in [3.05, 3.63) is 24.2 Å². The monoisotopic (exact) mass is 266 g/mol. The van der Waals surface area contributed by atoms with Gasteiger partial charge in [-0.15, -0.1) is 0 Å². The molecule has 1 aromatic heterocycles. The molecule has 6 nitrogen and oxygen atoms in total. The van der Waals surface area contributed by atoms with Crippen molar-refractivity contribution in [1.29, 1.82) is 0 Å². The standard InChI is InChI=1S/C13H18N2O4/c16-9-10-3-1-7-15(10)12(17)5-6-14-13(18)11-4-2-8-19-11/h2,4,8,10,16H,1,3,5-7,9H2,(H,14,18)/t10-/m0/s1. The smallest absolute Gasteiger partial charge is 0.286 e. The van der Waals surface area contributed by atoms with Crippen LogP contribution in [0, 0.1) is 0 Å². The van der Waals surface area contributed by atoms with Gasteiger partial charge < -0.3 is 19.7 Å². The number of likely N-dealkylation sites (tertiary alicyclic amines) is 1. The molecule has 19 heavy (non-hydrogen) atoms. The van der Waals surface area contributed by atoms with Gasteiger partial charge in [-0.3, -0.25) is 9.59 Å². The summed E-state index contributed by atoms with van der Waals surface area (Å²) in [5, 5.41) is 11.8. The van der Waals surface area contributed by atoms with E-state index in [0.717, 1.165) is 12.8 Å². The molecule has 6 heteroatoms. The number of carbonyl (C=O) groups is 2. The van der Waals surface area contributed by atoms with Crippen LogP contribution in [0.15, 0.2) is 22.8 Å². The summed E-state index contributed by atoms with van der Waals surface area (Å²) < 4.78 is 4.95. The maximum absolute atomic E-state index is 11.9. The minimum Gasteiger partial charge on any atom is -0.459 e. The molecule has 2 rings (SSSR count). The van der Waals surface area contributed by atoms with E-state index in [4.69, 9.17) is 9.52 Å². The highest BCUT2D eigenvalue weighted by Crippen LogP contribution is 2.17. The summed E-state index contributed by atoms with van der Waals surface area (Å²) in [7, 11) is 0. The molecule has 1 fully saturated rings. The highest BCUT2D eigenvalue weighted by molar-refractivity contribution is 5.91. The first-order valence-corrected chi connectivity index (χ1v) is 6.44. The Morgan fingerprint density at radius 1 is 1.53 bits per heavy atom. The van der Waals surface area contributed by atoms with E-state index in [-0.39, 0.29) is 43.2 Å². The normalized spacial score (nSPS) is 18.6. The molecule has 1 atom stereocenters. The van der Waals surface area contributed by atoms with Gasteiger partial charge in [0.2, 0.25) is 5.91 Å².